The lowest BCUT2D eigenvalue weighted by Crippen LogP contribution is -2.68. The predicted octanol–water partition coefficient (Wildman–Crippen LogP) is 2.12. The molecule has 5 nitrogen and oxygen atoms in total. The van der Waals surface area contributed by atoms with E-state index in [9.17, 15) is 0 Å². The number of hydrogen-bond donors (Lipinski definition) is 1. The Morgan fingerprint density at radius 2 is 2.17 bits per heavy atom. The maximum atomic E-state index is 5.92. The van der Waals surface area contributed by atoms with Crippen molar-refractivity contribution in [3.05, 3.63) is 0 Å². The standard InChI is InChI=1S/C18H33N3O2/c1-5-19-17(21-9-7-13(11-21)12-22-6-2)20-15-14-8-10-23-16(14)18(15,3)4/h13-16H,5-12H2,1-4H3,(H,19,20). The number of ether oxygens (including phenoxy) is 2. The molecule has 3 rings (SSSR count). The highest BCUT2D eigenvalue weighted by atomic mass is 16.5. The van der Waals surface area contributed by atoms with Crippen molar-refractivity contribution in [2.45, 2.75) is 52.7 Å². The molecule has 0 radical (unpaired) electrons. The van der Waals surface area contributed by atoms with E-state index in [-0.39, 0.29) is 5.41 Å². The lowest BCUT2D eigenvalue weighted by Gasteiger charge is -2.55. The van der Waals surface area contributed by atoms with Gasteiger partial charge >= 0.3 is 0 Å². The average Bonchev–Trinajstić information content (AvgIpc) is 3.17. The van der Waals surface area contributed by atoms with Gasteiger partial charge in [-0.25, -0.2) is 0 Å². The van der Waals surface area contributed by atoms with Crippen LogP contribution in [0.25, 0.3) is 0 Å². The molecule has 132 valence electrons. The van der Waals surface area contributed by atoms with Gasteiger partial charge in [0.15, 0.2) is 5.96 Å². The zero-order valence-electron chi connectivity index (χ0n) is 15.2. The summed E-state index contributed by atoms with van der Waals surface area (Å²) in [5.41, 5.74) is 0.195. The smallest absolute Gasteiger partial charge is 0.194 e. The molecule has 0 aromatic rings. The van der Waals surface area contributed by atoms with E-state index >= 15 is 0 Å². The molecule has 1 saturated carbocycles. The molecule has 3 aliphatic rings. The highest BCUT2D eigenvalue weighted by molar-refractivity contribution is 5.81. The highest BCUT2D eigenvalue weighted by Crippen LogP contribution is 2.52. The van der Waals surface area contributed by atoms with Crippen LogP contribution in [0.2, 0.25) is 0 Å². The average molecular weight is 323 g/mol. The van der Waals surface area contributed by atoms with Crippen molar-refractivity contribution in [3.63, 3.8) is 0 Å². The largest absolute Gasteiger partial charge is 0.381 e. The zero-order chi connectivity index (χ0) is 16.4. The number of nitrogens with one attached hydrogen (secondary N) is 1. The summed E-state index contributed by atoms with van der Waals surface area (Å²) >= 11 is 0. The van der Waals surface area contributed by atoms with Crippen LogP contribution in [0.5, 0.6) is 0 Å². The monoisotopic (exact) mass is 323 g/mol. The first kappa shape index (κ1) is 17.0. The fraction of sp³-hybridized carbons (Fsp3) is 0.944. The number of aliphatic imine (C=N–C) groups is 1. The molecule has 3 fully saturated rings. The predicted molar refractivity (Wildman–Crippen MR) is 92.7 cm³/mol. The van der Waals surface area contributed by atoms with Crippen molar-refractivity contribution in [3.8, 4) is 0 Å². The molecule has 0 aromatic carbocycles. The van der Waals surface area contributed by atoms with Crippen LogP contribution < -0.4 is 5.32 Å². The fourth-order valence-electron chi connectivity index (χ4n) is 4.59. The SMILES string of the molecule is CCN=C(NC1C2CCOC2C1(C)C)N1CCC(COCC)C1. The summed E-state index contributed by atoms with van der Waals surface area (Å²) in [6.07, 6.45) is 2.80. The van der Waals surface area contributed by atoms with Crippen LogP contribution in [0.1, 0.15) is 40.5 Å². The normalized spacial score (nSPS) is 36.0. The molecule has 5 heteroatoms. The Bertz CT molecular complexity index is 438. The van der Waals surface area contributed by atoms with Gasteiger partial charge in [0.25, 0.3) is 0 Å². The quantitative estimate of drug-likeness (QED) is 0.622. The Labute approximate surface area is 140 Å². The van der Waals surface area contributed by atoms with Gasteiger partial charge in [-0.1, -0.05) is 13.8 Å². The number of likely N-dealkylation sites (tertiary alicyclic amines) is 1. The minimum Gasteiger partial charge on any atom is -0.381 e. The van der Waals surface area contributed by atoms with Gasteiger partial charge in [0, 0.05) is 56.1 Å². The number of hydrogen-bond acceptors (Lipinski definition) is 3. The van der Waals surface area contributed by atoms with Crippen LogP contribution in [0, 0.1) is 17.3 Å². The van der Waals surface area contributed by atoms with E-state index in [0.29, 0.717) is 24.0 Å². The van der Waals surface area contributed by atoms with Crippen molar-refractivity contribution in [1.82, 2.24) is 10.2 Å². The number of nitrogens with zero attached hydrogens (tertiary/aromatic N) is 2. The Hall–Kier alpha value is -0.810. The van der Waals surface area contributed by atoms with Crippen molar-refractivity contribution < 1.29 is 9.47 Å². The Morgan fingerprint density at radius 1 is 1.35 bits per heavy atom. The highest BCUT2D eigenvalue weighted by Gasteiger charge is 2.59. The first-order chi connectivity index (χ1) is 11.1. The molecule has 0 aromatic heterocycles. The summed E-state index contributed by atoms with van der Waals surface area (Å²) in [5, 5.41) is 3.79. The maximum absolute atomic E-state index is 5.92. The fourth-order valence-corrected chi connectivity index (χ4v) is 4.59. The molecule has 2 saturated heterocycles. The van der Waals surface area contributed by atoms with Crippen molar-refractivity contribution in [2.24, 2.45) is 22.2 Å². The topological polar surface area (TPSA) is 46.1 Å². The van der Waals surface area contributed by atoms with Gasteiger partial charge in [0.2, 0.25) is 0 Å². The number of guanidine groups is 1. The Balaban J connectivity index is 1.61. The lowest BCUT2D eigenvalue weighted by molar-refractivity contribution is -0.107. The molecule has 0 amide bonds. The minimum absolute atomic E-state index is 0.195. The summed E-state index contributed by atoms with van der Waals surface area (Å²) < 4.78 is 11.5. The molecule has 1 aliphatic carbocycles. The molecule has 0 spiro atoms. The molecule has 4 unspecified atom stereocenters. The first-order valence-electron chi connectivity index (χ1n) is 9.33. The van der Waals surface area contributed by atoms with Crippen LogP contribution in [-0.4, -0.2) is 62.5 Å². The van der Waals surface area contributed by atoms with E-state index in [1.165, 1.54) is 12.8 Å². The molecule has 0 bridgehead atoms. The third-order valence-electron chi connectivity index (χ3n) is 5.84. The second-order valence-corrected chi connectivity index (χ2v) is 7.75. The van der Waals surface area contributed by atoms with Gasteiger partial charge in [-0.3, -0.25) is 4.99 Å². The van der Waals surface area contributed by atoms with E-state index < -0.39 is 0 Å². The second kappa shape index (κ2) is 6.98. The van der Waals surface area contributed by atoms with Gasteiger partial charge in [0.05, 0.1) is 12.7 Å². The van der Waals surface area contributed by atoms with Gasteiger partial charge in [-0.2, -0.15) is 0 Å². The van der Waals surface area contributed by atoms with E-state index in [1.54, 1.807) is 0 Å². The molecular formula is C18H33N3O2. The molecule has 2 heterocycles. The summed E-state index contributed by atoms with van der Waals surface area (Å²) in [5.74, 6) is 2.37. The summed E-state index contributed by atoms with van der Waals surface area (Å²) in [4.78, 5) is 7.20. The molecule has 23 heavy (non-hydrogen) atoms. The van der Waals surface area contributed by atoms with Crippen LogP contribution in [-0.2, 0) is 9.47 Å². The first-order valence-corrected chi connectivity index (χ1v) is 9.33. The molecule has 2 aliphatic heterocycles. The van der Waals surface area contributed by atoms with Crippen LogP contribution >= 0.6 is 0 Å². The molecular weight excluding hydrogens is 290 g/mol. The second-order valence-electron chi connectivity index (χ2n) is 7.75. The number of fused-ring (bicyclic) bond motifs is 1. The maximum Gasteiger partial charge on any atom is 0.194 e. The van der Waals surface area contributed by atoms with Crippen LogP contribution in [0.15, 0.2) is 4.99 Å². The molecule has 4 atom stereocenters. The summed E-state index contributed by atoms with van der Waals surface area (Å²) in [6.45, 7) is 14.4. The van der Waals surface area contributed by atoms with E-state index in [4.69, 9.17) is 14.5 Å². The summed E-state index contributed by atoms with van der Waals surface area (Å²) in [7, 11) is 0. The minimum atomic E-state index is 0.195. The summed E-state index contributed by atoms with van der Waals surface area (Å²) in [6, 6.07) is 0.478. The van der Waals surface area contributed by atoms with E-state index in [2.05, 4.69) is 37.9 Å². The lowest BCUT2D eigenvalue weighted by atomic mass is 9.57. The van der Waals surface area contributed by atoms with Crippen LogP contribution in [0.4, 0.5) is 0 Å². The van der Waals surface area contributed by atoms with Gasteiger partial charge in [-0.15, -0.1) is 0 Å². The van der Waals surface area contributed by atoms with Crippen molar-refractivity contribution in [2.75, 3.05) is 39.5 Å². The van der Waals surface area contributed by atoms with Crippen molar-refractivity contribution in [1.29, 1.82) is 0 Å². The number of rotatable bonds is 5. The van der Waals surface area contributed by atoms with E-state index in [0.717, 1.165) is 45.4 Å². The van der Waals surface area contributed by atoms with Gasteiger partial charge < -0.3 is 19.7 Å². The van der Waals surface area contributed by atoms with Crippen molar-refractivity contribution >= 4 is 5.96 Å². The van der Waals surface area contributed by atoms with Crippen LogP contribution in [0.3, 0.4) is 0 Å². The van der Waals surface area contributed by atoms with E-state index in [1.807, 2.05) is 0 Å². The molecule has 1 N–H and O–H groups in total. The van der Waals surface area contributed by atoms with Gasteiger partial charge in [-0.05, 0) is 26.7 Å². The third kappa shape index (κ3) is 3.22. The third-order valence-corrected chi connectivity index (χ3v) is 5.84. The Morgan fingerprint density at radius 3 is 2.91 bits per heavy atom. The zero-order valence-corrected chi connectivity index (χ0v) is 15.2. The Kier molecular flexibility index (Phi) is 5.16. The van der Waals surface area contributed by atoms with Gasteiger partial charge in [0.1, 0.15) is 0 Å².